The SMILES string of the molecule is Cc1cc(-c2cnc3c(ccc4cccnc43)c2)cc(C)c1-n1c2ccccc2c2c3c4c(cccc4cc21)C=CC3. The normalized spacial score (nSPS) is 12.8. The van der Waals surface area contributed by atoms with Crippen molar-refractivity contribution in [2.24, 2.45) is 0 Å². The van der Waals surface area contributed by atoms with Crippen LogP contribution < -0.4 is 0 Å². The zero-order chi connectivity index (χ0) is 27.9. The summed E-state index contributed by atoms with van der Waals surface area (Å²) in [6.45, 7) is 4.48. The molecule has 198 valence electrons. The van der Waals surface area contributed by atoms with Crippen LogP contribution in [0.2, 0.25) is 0 Å². The van der Waals surface area contributed by atoms with Crippen LogP contribution in [0.1, 0.15) is 22.3 Å². The fourth-order valence-corrected chi connectivity index (χ4v) is 7.30. The number of para-hydroxylation sites is 1. The van der Waals surface area contributed by atoms with Crippen LogP contribution >= 0.6 is 0 Å². The highest BCUT2D eigenvalue weighted by atomic mass is 15.0. The van der Waals surface area contributed by atoms with E-state index < -0.39 is 0 Å². The van der Waals surface area contributed by atoms with Crippen LogP contribution in [0.4, 0.5) is 0 Å². The summed E-state index contributed by atoms with van der Waals surface area (Å²) in [5, 5.41) is 7.61. The zero-order valence-corrected chi connectivity index (χ0v) is 23.5. The first-order valence-corrected chi connectivity index (χ1v) is 14.6. The first-order chi connectivity index (χ1) is 20.7. The van der Waals surface area contributed by atoms with Crippen molar-refractivity contribution in [1.29, 1.82) is 0 Å². The second-order valence-corrected chi connectivity index (χ2v) is 11.5. The quantitative estimate of drug-likeness (QED) is 0.205. The number of aryl methyl sites for hydroxylation is 2. The summed E-state index contributed by atoms with van der Waals surface area (Å²) >= 11 is 0. The Morgan fingerprint density at radius 3 is 2.36 bits per heavy atom. The number of allylic oxidation sites excluding steroid dienone is 1. The maximum atomic E-state index is 4.89. The van der Waals surface area contributed by atoms with E-state index in [4.69, 9.17) is 4.98 Å². The van der Waals surface area contributed by atoms with Gasteiger partial charge >= 0.3 is 0 Å². The van der Waals surface area contributed by atoms with Crippen molar-refractivity contribution in [3.63, 3.8) is 0 Å². The Hall–Kier alpha value is -5.28. The number of fused-ring (bicyclic) bond motifs is 7. The molecular weight excluding hydrogens is 510 g/mol. The fraction of sp³-hybridized carbons (Fsp3) is 0.0769. The highest BCUT2D eigenvalue weighted by Crippen LogP contribution is 2.42. The molecule has 0 unspecified atom stereocenters. The van der Waals surface area contributed by atoms with Crippen LogP contribution in [0.25, 0.3) is 77.3 Å². The molecule has 0 spiro atoms. The van der Waals surface area contributed by atoms with Gasteiger partial charge in [-0.1, -0.05) is 66.7 Å². The van der Waals surface area contributed by atoms with E-state index >= 15 is 0 Å². The van der Waals surface area contributed by atoms with Gasteiger partial charge < -0.3 is 4.57 Å². The third kappa shape index (κ3) is 3.22. The number of rotatable bonds is 2. The Labute approximate surface area is 243 Å². The van der Waals surface area contributed by atoms with E-state index in [0.29, 0.717) is 0 Å². The molecule has 3 heteroatoms. The van der Waals surface area contributed by atoms with E-state index in [2.05, 4.69) is 120 Å². The van der Waals surface area contributed by atoms with Crippen molar-refractivity contribution in [3.05, 3.63) is 132 Å². The van der Waals surface area contributed by atoms with Crippen molar-refractivity contribution in [1.82, 2.24) is 14.5 Å². The molecule has 0 bridgehead atoms. The number of hydrogen-bond donors (Lipinski definition) is 0. The molecule has 0 saturated heterocycles. The van der Waals surface area contributed by atoms with Crippen LogP contribution in [0.3, 0.4) is 0 Å². The molecule has 0 N–H and O–H groups in total. The summed E-state index contributed by atoms with van der Waals surface area (Å²) in [6, 6.07) is 33.2. The number of hydrogen-bond acceptors (Lipinski definition) is 2. The Kier molecular flexibility index (Phi) is 4.80. The molecule has 0 radical (unpaired) electrons. The second kappa shape index (κ2) is 8.61. The molecule has 8 aromatic rings. The van der Waals surface area contributed by atoms with Gasteiger partial charge in [-0.25, -0.2) is 0 Å². The van der Waals surface area contributed by atoms with Crippen LogP contribution in [-0.4, -0.2) is 14.5 Å². The highest BCUT2D eigenvalue weighted by Gasteiger charge is 2.21. The largest absolute Gasteiger partial charge is 0.309 e. The van der Waals surface area contributed by atoms with Gasteiger partial charge in [-0.15, -0.1) is 0 Å². The molecular formula is C39H27N3. The lowest BCUT2D eigenvalue weighted by molar-refractivity contribution is 1.12. The van der Waals surface area contributed by atoms with Crippen molar-refractivity contribution in [2.75, 3.05) is 0 Å². The third-order valence-electron chi connectivity index (χ3n) is 9.03. The predicted molar refractivity (Wildman–Crippen MR) is 177 cm³/mol. The van der Waals surface area contributed by atoms with E-state index in [0.717, 1.165) is 33.8 Å². The van der Waals surface area contributed by atoms with Crippen LogP contribution in [0.15, 0.2) is 109 Å². The fourth-order valence-electron chi connectivity index (χ4n) is 7.30. The third-order valence-corrected chi connectivity index (χ3v) is 9.03. The van der Waals surface area contributed by atoms with Gasteiger partial charge in [0, 0.05) is 39.5 Å². The minimum atomic E-state index is 0.946. The minimum absolute atomic E-state index is 0.946. The lowest BCUT2D eigenvalue weighted by Gasteiger charge is -2.18. The van der Waals surface area contributed by atoms with Crippen LogP contribution in [0.5, 0.6) is 0 Å². The van der Waals surface area contributed by atoms with E-state index in [1.54, 1.807) is 0 Å². The lowest BCUT2D eigenvalue weighted by atomic mass is 9.89. The number of aromatic nitrogens is 3. The van der Waals surface area contributed by atoms with Gasteiger partial charge in [0.1, 0.15) is 0 Å². The summed E-state index contributed by atoms with van der Waals surface area (Å²) in [4.78, 5) is 9.49. The van der Waals surface area contributed by atoms with Crippen molar-refractivity contribution in [3.8, 4) is 16.8 Å². The maximum Gasteiger partial charge on any atom is 0.0964 e. The molecule has 0 atom stereocenters. The van der Waals surface area contributed by atoms with E-state index in [9.17, 15) is 0 Å². The van der Waals surface area contributed by atoms with Crippen molar-refractivity contribution in [2.45, 2.75) is 20.3 Å². The first kappa shape index (κ1) is 23.4. The summed E-state index contributed by atoms with van der Waals surface area (Å²) in [7, 11) is 0. The average Bonchev–Trinajstić information content (AvgIpc) is 3.34. The monoisotopic (exact) mass is 537 g/mol. The Balaban J connectivity index is 1.28. The van der Waals surface area contributed by atoms with Gasteiger partial charge in [-0.3, -0.25) is 9.97 Å². The van der Waals surface area contributed by atoms with Gasteiger partial charge in [-0.2, -0.15) is 0 Å². The molecule has 5 aromatic carbocycles. The van der Waals surface area contributed by atoms with E-state index in [1.165, 1.54) is 66.1 Å². The molecule has 1 aliphatic carbocycles. The Bertz CT molecular complexity index is 2440. The van der Waals surface area contributed by atoms with E-state index in [-0.39, 0.29) is 0 Å². The molecule has 0 fully saturated rings. The standard InChI is InChI=1S/C39H27N3/c1-23-18-29(30-20-28-16-15-26-11-7-17-40-37(26)38(28)41-22-30)19-24(2)39(23)42-33-14-4-3-12-31(33)36-32-13-6-9-25-8-5-10-27(35(25)32)21-34(36)42/h3-12,14-22H,13H2,1-2H3. The van der Waals surface area contributed by atoms with Crippen molar-refractivity contribution < 1.29 is 0 Å². The Morgan fingerprint density at radius 2 is 1.45 bits per heavy atom. The average molecular weight is 538 g/mol. The predicted octanol–water partition coefficient (Wildman–Crippen LogP) is 9.89. The van der Waals surface area contributed by atoms with Crippen LogP contribution in [0, 0.1) is 13.8 Å². The summed E-state index contributed by atoms with van der Waals surface area (Å²) < 4.78 is 2.50. The van der Waals surface area contributed by atoms with Gasteiger partial charge in [-0.05, 0) is 95.3 Å². The van der Waals surface area contributed by atoms with Gasteiger partial charge in [0.05, 0.1) is 27.8 Å². The molecule has 3 aromatic heterocycles. The first-order valence-electron chi connectivity index (χ1n) is 14.6. The highest BCUT2D eigenvalue weighted by molar-refractivity contribution is 6.18. The minimum Gasteiger partial charge on any atom is -0.309 e. The number of benzene rings is 5. The zero-order valence-electron chi connectivity index (χ0n) is 23.5. The van der Waals surface area contributed by atoms with Gasteiger partial charge in [0.25, 0.3) is 0 Å². The molecule has 3 heterocycles. The molecule has 3 nitrogen and oxygen atoms in total. The van der Waals surface area contributed by atoms with Gasteiger partial charge in [0.15, 0.2) is 0 Å². The van der Waals surface area contributed by atoms with E-state index in [1.807, 2.05) is 18.5 Å². The topological polar surface area (TPSA) is 30.7 Å². The van der Waals surface area contributed by atoms with Crippen LogP contribution in [-0.2, 0) is 6.42 Å². The van der Waals surface area contributed by atoms with Gasteiger partial charge in [0.2, 0.25) is 0 Å². The van der Waals surface area contributed by atoms with Crippen molar-refractivity contribution >= 4 is 60.5 Å². The lowest BCUT2D eigenvalue weighted by Crippen LogP contribution is -2.02. The molecule has 9 rings (SSSR count). The summed E-state index contributed by atoms with van der Waals surface area (Å²) in [5.41, 5.74) is 13.2. The smallest absolute Gasteiger partial charge is 0.0964 e. The molecule has 42 heavy (non-hydrogen) atoms. The summed E-state index contributed by atoms with van der Waals surface area (Å²) in [5.74, 6) is 0. The number of pyridine rings is 2. The molecule has 1 aliphatic rings. The Morgan fingerprint density at radius 1 is 0.643 bits per heavy atom. The number of nitrogens with zero attached hydrogens (tertiary/aromatic N) is 3. The maximum absolute atomic E-state index is 4.89. The summed E-state index contributed by atoms with van der Waals surface area (Å²) in [6.07, 6.45) is 9.37. The second-order valence-electron chi connectivity index (χ2n) is 11.5. The molecule has 0 aliphatic heterocycles. The molecule has 0 amide bonds. The molecule has 0 saturated carbocycles.